The molecule has 0 aliphatic rings. The van der Waals surface area contributed by atoms with Crippen molar-refractivity contribution in [3.05, 3.63) is 71.8 Å². The smallest absolute Gasteiger partial charge is 0.263 e. The first-order valence-corrected chi connectivity index (χ1v) is 9.75. The van der Waals surface area contributed by atoms with Crippen LogP contribution in [-0.4, -0.2) is 25.7 Å². The highest BCUT2D eigenvalue weighted by molar-refractivity contribution is 7.92. The predicted molar refractivity (Wildman–Crippen MR) is 104 cm³/mol. The Morgan fingerprint density at radius 1 is 0.963 bits per heavy atom. The standard InChI is InChI=1S/C19H20N4O3S/c1-14-12-16(8-9-17(14)26-2)27(24,25)23-19-11-10-18(21-22-19)20-13-15-6-4-3-5-7-15/h3-12H,13H2,1-2H3,(H,20,21)(H,22,23). The summed E-state index contributed by atoms with van der Waals surface area (Å²) in [5, 5.41) is 11.1. The van der Waals surface area contributed by atoms with E-state index in [0.29, 0.717) is 18.1 Å². The molecule has 8 heteroatoms. The van der Waals surface area contributed by atoms with Gasteiger partial charge in [0.25, 0.3) is 10.0 Å². The van der Waals surface area contributed by atoms with Crippen molar-refractivity contribution in [2.24, 2.45) is 0 Å². The van der Waals surface area contributed by atoms with E-state index >= 15 is 0 Å². The second-order valence-electron chi connectivity index (χ2n) is 5.88. The molecular weight excluding hydrogens is 364 g/mol. The normalized spacial score (nSPS) is 11.0. The third-order valence-corrected chi connectivity index (χ3v) is 5.25. The number of anilines is 2. The molecule has 0 aliphatic carbocycles. The molecule has 1 aromatic heterocycles. The Morgan fingerprint density at radius 3 is 2.30 bits per heavy atom. The number of sulfonamides is 1. The highest BCUT2D eigenvalue weighted by Crippen LogP contribution is 2.22. The van der Waals surface area contributed by atoms with Gasteiger partial charge >= 0.3 is 0 Å². The van der Waals surface area contributed by atoms with Crippen LogP contribution in [0.1, 0.15) is 11.1 Å². The Labute approximate surface area is 158 Å². The second-order valence-corrected chi connectivity index (χ2v) is 7.56. The molecule has 0 saturated heterocycles. The maximum absolute atomic E-state index is 12.5. The molecule has 0 unspecified atom stereocenters. The van der Waals surface area contributed by atoms with Crippen LogP contribution in [0.4, 0.5) is 11.6 Å². The summed E-state index contributed by atoms with van der Waals surface area (Å²) in [5.74, 6) is 1.33. The van der Waals surface area contributed by atoms with Crippen LogP contribution in [0, 0.1) is 6.92 Å². The summed E-state index contributed by atoms with van der Waals surface area (Å²) < 4.78 is 32.6. The van der Waals surface area contributed by atoms with Gasteiger partial charge in [0.15, 0.2) is 5.82 Å². The van der Waals surface area contributed by atoms with Gasteiger partial charge in [-0.2, -0.15) is 0 Å². The zero-order chi connectivity index (χ0) is 19.3. The lowest BCUT2D eigenvalue weighted by atomic mass is 10.2. The van der Waals surface area contributed by atoms with Crippen LogP contribution in [0.5, 0.6) is 5.75 Å². The summed E-state index contributed by atoms with van der Waals surface area (Å²) in [6, 6.07) is 17.8. The van der Waals surface area contributed by atoms with Gasteiger partial charge in [-0.15, -0.1) is 10.2 Å². The van der Waals surface area contributed by atoms with Crippen LogP contribution in [-0.2, 0) is 16.6 Å². The highest BCUT2D eigenvalue weighted by Gasteiger charge is 2.16. The van der Waals surface area contributed by atoms with Crippen molar-refractivity contribution in [2.45, 2.75) is 18.4 Å². The summed E-state index contributed by atoms with van der Waals surface area (Å²) in [6.07, 6.45) is 0. The van der Waals surface area contributed by atoms with Crippen LogP contribution < -0.4 is 14.8 Å². The van der Waals surface area contributed by atoms with Crippen LogP contribution in [0.25, 0.3) is 0 Å². The fourth-order valence-electron chi connectivity index (χ4n) is 2.48. The largest absolute Gasteiger partial charge is 0.496 e. The van der Waals surface area contributed by atoms with Crippen LogP contribution in [0.2, 0.25) is 0 Å². The van der Waals surface area contributed by atoms with E-state index in [9.17, 15) is 8.42 Å². The lowest BCUT2D eigenvalue weighted by Gasteiger charge is -2.10. The van der Waals surface area contributed by atoms with Crippen molar-refractivity contribution in [1.29, 1.82) is 0 Å². The molecule has 2 aromatic carbocycles. The van der Waals surface area contributed by atoms with Gasteiger partial charge in [0, 0.05) is 6.54 Å². The van der Waals surface area contributed by atoms with E-state index in [2.05, 4.69) is 20.2 Å². The van der Waals surface area contributed by atoms with Crippen molar-refractivity contribution in [2.75, 3.05) is 17.1 Å². The third-order valence-electron chi connectivity index (χ3n) is 3.90. The third kappa shape index (κ3) is 4.73. The molecule has 2 N–H and O–H groups in total. The number of nitrogens with one attached hydrogen (secondary N) is 2. The first kappa shape index (κ1) is 18.7. The zero-order valence-electron chi connectivity index (χ0n) is 15.0. The summed E-state index contributed by atoms with van der Waals surface area (Å²) in [6.45, 7) is 2.39. The monoisotopic (exact) mass is 384 g/mol. The van der Waals surface area contributed by atoms with Crippen molar-refractivity contribution in [3.8, 4) is 5.75 Å². The molecular formula is C19H20N4O3S. The Hall–Kier alpha value is -3.13. The lowest BCUT2D eigenvalue weighted by molar-refractivity contribution is 0.411. The van der Waals surface area contributed by atoms with Gasteiger partial charge in [-0.25, -0.2) is 8.42 Å². The first-order valence-electron chi connectivity index (χ1n) is 8.27. The summed E-state index contributed by atoms with van der Waals surface area (Å²) in [5.41, 5.74) is 1.84. The van der Waals surface area contributed by atoms with Gasteiger partial charge in [0.1, 0.15) is 11.6 Å². The molecule has 0 radical (unpaired) electrons. The minimum absolute atomic E-state index is 0.133. The second kappa shape index (κ2) is 8.05. The molecule has 1 heterocycles. The van der Waals surface area contributed by atoms with E-state index in [4.69, 9.17) is 4.74 Å². The summed E-state index contributed by atoms with van der Waals surface area (Å²) in [7, 11) is -2.22. The quantitative estimate of drug-likeness (QED) is 0.650. The van der Waals surface area contributed by atoms with E-state index < -0.39 is 10.0 Å². The molecule has 0 saturated carbocycles. The minimum atomic E-state index is -3.76. The number of aromatic nitrogens is 2. The molecule has 0 spiro atoms. The topological polar surface area (TPSA) is 93.2 Å². The van der Waals surface area contributed by atoms with Crippen LogP contribution in [0.3, 0.4) is 0 Å². The highest BCUT2D eigenvalue weighted by atomic mass is 32.2. The fourth-order valence-corrected chi connectivity index (χ4v) is 3.57. The molecule has 3 aromatic rings. The van der Waals surface area contributed by atoms with Gasteiger partial charge in [-0.05, 0) is 48.4 Å². The van der Waals surface area contributed by atoms with E-state index in [1.54, 1.807) is 31.2 Å². The molecule has 0 atom stereocenters. The SMILES string of the molecule is COc1ccc(S(=O)(=O)Nc2ccc(NCc3ccccc3)nn2)cc1C. The Kier molecular flexibility index (Phi) is 5.56. The molecule has 140 valence electrons. The minimum Gasteiger partial charge on any atom is -0.496 e. The van der Waals surface area contributed by atoms with E-state index in [-0.39, 0.29) is 10.7 Å². The van der Waals surface area contributed by atoms with E-state index in [1.807, 2.05) is 30.3 Å². The zero-order valence-corrected chi connectivity index (χ0v) is 15.8. The predicted octanol–water partition coefficient (Wildman–Crippen LogP) is 3.21. The average Bonchev–Trinajstić information content (AvgIpc) is 2.68. The van der Waals surface area contributed by atoms with E-state index in [0.717, 1.165) is 11.1 Å². The lowest BCUT2D eigenvalue weighted by Crippen LogP contribution is -2.15. The van der Waals surface area contributed by atoms with Crippen molar-refractivity contribution in [1.82, 2.24) is 10.2 Å². The Morgan fingerprint density at radius 2 is 1.67 bits per heavy atom. The first-order chi connectivity index (χ1) is 13.0. The number of nitrogens with zero attached hydrogens (tertiary/aromatic N) is 2. The van der Waals surface area contributed by atoms with Gasteiger partial charge in [0.05, 0.1) is 12.0 Å². The Balaban J connectivity index is 1.67. The molecule has 0 fully saturated rings. The summed E-state index contributed by atoms with van der Waals surface area (Å²) >= 11 is 0. The molecule has 0 aliphatic heterocycles. The number of hydrogen-bond donors (Lipinski definition) is 2. The van der Waals surface area contributed by atoms with Crippen LogP contribution >= 0.6 is 0 Å². The number of aryl methyl sites for hydroxylation is 1. The van der Waals surface area contributed by atoms with E-state index in [1.165, 1.54) is 13.2 Å². The molecule has 27 heavy (non-hydrogen) atoms. The van der Waals surface area contributed by atoms with Crippen LogP contribution in [0.15, 0.2) is 65.6 Å². The number of benzene rings is 2. The Bertz CT molecular complexity index is 1010. The summed E-state index contributed by atoms with van der Waals surface area (Å²) in [4.78, 5) is 0.133. The van der Waals surface area contributed by atoms with Gasteiger partial charge < -0.3 is 10.1 Å². The molecule has 7 nitrogen and oxygen atoms in total. The average molecular weight is 384 g/mol. The number of methoxy groups -OCH3 is 1. The van der Waals surface area contributed by atoms with Gasteiger partial charge in [-0.3, -0.25) is 4.72 Å². The van der Waals surface area contributed by atoms with Crippen molar-refractivity contribution in [3.63, 3.8) is 0 Å². The number of rotatable bonds is 7. The number of ether oxygens (including phenoxy) is 1. The molecule has 3 rings (SSSR count). The molecule has 0 amide bonds. The molecule has 0 bridgehead atoms. The number of hydrogen-bond acceptors (Lipinski definition) is 6. The fraction of sp³-hybridized carbons (Fsp3) is 0.158. The van der Waals surface area contributed by atoms with Crippen molar-refractivity contribution >= 4 is 21.7 Å². The maximum Gasteiger partial charge on any atom is 0.263 e. The van der Waals surface area contributed by atoms with Gasteiger partial charge in [-0.1, -0.05) is 30.3 Å². The van der Waals surface area contributed by atoms with Crippen molar-refractivity contribution < 1.29 is 13.2 Å². The maximum atomic E-state index is 12.5. The van der Waals surface area contributed by atoms with Gasteiger partial charge in [0.2, 0.25) is 0 Å².